The van der Waals surface area contributed by atoms with E-state index in [9.17, 15) is 13.2 Å². The average Bonchev–Trinajstić information content (AvgIpc) is 3.24. The van der Waals surface area contributed by atoms with Crippen molar-refractivity contribution in [2.24, 2.45) is 0 Å². The molecule has 25 heavy (non-hydrogen) atoms. The summed E-state index contributed by atoms with van der Waals surface area (Å²) in [6.07, 6.45) is -1.74. The molecule has 0 atom stereocenters. The van der Waals surface area contributed by atoms with Crippen LogP contribution in [0.2, 0.25) is 0 Å². The third-order valence-electron chi connectivity index (χ3n) is 5.06. The van der Waals surface area contributed by atoms with Gasteiger partial charge in [-0.2, -0.15) is 13.2 Å². The first-order valence-corrected chi connectivity index (χ1v) is 8.92. The standard InChI is InChI=1S/C22H23F3/c1-3-8-19-20(9-4-2)21(19,22(23,24)25)18-14-12-17(13-15-18)16-10-6-5-7-11-16/h5-7,10-15H,3-4,8-9H2,1-2H3. The summed E-state index contributed by atoms with van der Waals surface area (Å²) in [4.78, 5) is 0. The number of alkyl halides is 3. The molecule has 0 nitrogen and oxygen atoms in total. The van der Waals surface area contributed by atoms with Crippen molar-refractivity contribution in [2.45, 2.75) is 51.1 Å². The summed E-state index contributed by atoms with van der Waals surface area (Å²) < 4.78 is 42.3. The van der Waals surface area contributed by atoms with Crippen LogP contribution in [0.4, 0.5) is 13.2 Å². The van der Waals surface area contributed by atoms with E-state index in [-0.39, 0.29) is 0 Å². The van der Waals surface area contributed by atoms with Crippen LogP contribution >= 0.6 is 0 Å². The fourth-order valence-corrected chi connectivity index (χ4v) is 3.96. The van der Waals surface area contributed by atoms with Crippen molar-refractivity contribution in [2.75, 3.05) is 0 Å². The Morgan fingerprint density at radius 1 is 0.720 bits per heavy atom. The molecule has 0 N–H and O–H groups in total. The normalized spacial score (nSPS) is 16.2. The van der Waals surface area contributed by atoms with E-state index in [0.717, 1.165) is 24.0 Å². The van der Waals surface area contributed by atoms with Gasteiger partial charge in [-0.1, -0.05) is 81.3 Å². The third kappa shape index (κ3) is 2.90. The van der Waals surface area contributed by atoms with Crippen molar-refractivity contribution in [1.29, 1.82) is 0 Å². The monoisotopic (exact) mass is 344 g/mol. The average molecular weight is 344 g/mol. The second-order valence-corrected chi connectivity index (χ2v) is 6.65. The summed E-state index contributed by atoms with van der Waals surface area (Å²) >= 11 is 0. The summed E-state index contributed by atoms with van der Waals surface area (Å²) in [6.45, 7) is 3.88. The van der Waals surface area contributed by atoms with Crippen LogP contribution in [0, 0.1) is 0 Å². The van der Waals surface area contributed by atoms with Crippen molar-refractivity contribution in [3.8, 4) is 11.1 Å². The number of hydrogen-bond donors (Lipinski definition) is 0. The fraction of sp³-hybridized carbons (Fsp3) is 0.364. The summed E-state index contributed by atoms with van der Waals surface area (Å²) in [7, 11) is 0. The molecule has 3 heteroatoms. The molecular weight excluding hydrogens is 321 g/mol. The van der Waals surface area contributed by atoms with E-state index in [4.69, 9.17) is 0 Å². The van der Waals surface area contributed by atoms with E-state index >= 15 is 0 Å². The Labute approximate surface area is 147 Å². The molecule has 0 heterocycles. The van der Waals surface area contributed by atoms with Crippen molar-refractivity contribution in [3.05, 3.63) is 71.3 Å². The van der Waals surface area contributed by atoms with Crippen molar-refractivity contribution in [1.82, 2.24) is 0 Å². The minimum absolute atomic E-state index is 0.367. The SMILES string of the molecule is CCCC1=C(CCC)C1(c1ccc(-c2ccccc2)cc1)C(F)(F)F. The maximum atomic E-state index is 14.1. The molecule has 3 rings (SSSR count). The molecule has 0 bridgehead atoms. The fourth-order valence-electron chi connectivity index (χ4n) is 3.96. The maximum Gasteiger partial charge on any atom is 0.405 e. The highest BCUT2D eigenvalue weighted by Crippen LogP contribution is 2.66. The third-order valence-corrected chi connectivity index (χ3v) is 5.06. The summed E-state index contributed by atoms with van der Waals surface area (Å²) in [6, 6.07) is 16.7. The highest BCUT2D eigenvalue weighted by atomic mass is 19.4. The van der Waals surface area contributed by atoms with Gasteiger partial charge < -0.3 is 0 Å². The number of allylic oxidation sites excluding steroid dienone is 2. The van der Waals surface area contributed by atoms with Crippen LogP contribution in [0.3, 0.4) is 0 Å². The molecule has 0 fully saturated rings. The van der Waals surface area contributed by atoms with Crippen LogP contribution in [0.15, 0.2) is 65.7 Å². The zero-order valence-electron chi connectivity index (χ0n) is 14.7. The maximum absolute atomic E-state index is 14.1. The zero-order chi connectivity index (χ0) is 18.1. The van der Waals surface area contributed by atoms with Gasteiger partial charge in [-0.05, 0) is 40.7 Å². The lowest BCUT2D eigenvalue weighted by Crippen LogP contribution is -2.34. The second-order valence-electron chi connectivity index (χ2n) is 6.65. The summed E-state index contributed by atoms with van der Waals surface area (Å²) in [5.74, 6) is 0. The molecule has 0 aromatic heterocycles. The minimum atomic E-state index is -4.27. The van der Waals surface area contributed by atoms with Gasteiger partial charge >= 0.3 is 6.18 Å². The molecule has 2 aromatic rings. The molecule has 0 unspecified atom stereocenters. The van der Waals surface area contributed by atoms with E-state index in [1.54, 1.807) is 12.1 Å². The predicted octanol–water partition coefficient (Wildman–Crippen LogP) is 7.06. The zero-order valence-corrected chi connectivity index (χ0v) is 14.7. The quantitative estimate of drug-likeness (QED) is 0.492. The molecule has 132 valence electrons. The molecule has 0 aliphatic heterocycles. The van der Waals surface area contributed by atoms with Gasteiger partial charge in [0.05, 0.1) is 0 Å². The smallest absolute Gasteiger partial charge is 0.169 e. The van der Waals surface area contributed by atoms with Crippen LogP contribution in [0.25, 0.3) is 11.1 Å². The van der Waals surface area contributed by atoms with Gasteiger partial charge in [-0.25, -0.2) is 0 Å². The Hall–Kier alpha value is -2.03. The molecule has 0 amide bonds. The van der Waals surface area contributed by atoms with Gasteiger partial charge in [0.15, 0.2) is 0 Å². The van der Waals surface area contributed by atoms with E-state index in [1.165, 1.54) is 0 Å². The predicted molar refractivity (Wildman–Crippen MR) is 96.5 cm³/mol. The van der Waals surface area contributed by atoms with E-state index in [1.807, 2.05) is 56.3 Å². The Balaban J connectivity index is 1.99. The number of hydrogen-bond acceptors (Lipinski definition) is 0. The molecule has 0 radical (unpaired) electrons. The number of halogens is 3. The molecule has 2 aromatic carbocycles. The Morgan fingerprint density at radius 2 is 1.20 bits per heavy atom. The van der Waals surface area contributed by atoms with Crippen molar-refractivity contribution < 1.29 is 13.2 Å². The van der Waals surface area contributed by atoms with Crippen LogP contribution in [0.5, 0.6) is 0 Å². The first kappa shape index (κ1) is 17.8. The number of benzene rings is 2. The van der Waals surface area contributed by atoms with Crippen LogP contribution in [-0.2, 0) is 5.41 Å². The highest BCUT2D eigenvalue weighted by Gasteiger charge is 2.69. The Morgan fingerprint density at radius 3 is 1.64 bits per heavy atom. The van der Waals surface area contributed by atoms with Crippen LogP contribution < -0.4 is 0 Å². The first-order chi connectivity index (χ1) is 12.0. The highest BCUT2D eigenvalue weighted by molar-refractivity contribution is 5.68. The van der Waals surface area contributed by atoms with Gasteiger partial charge in [0.1, 0.15) is 5.41 Å². The van der Waals surface area contributed by atoms with E-state index < -0.39 is 11.6 Å². The van der Waals surface area contributed by atoms with Crippen LogP contribution in [0.1, 0.15) is 45.1 Å². The molecule has 0 saturated carbocycles. The summed E-state index contributed by atoms with van der Waals surface area (Å²) in [5.41, 5.74) is 1.70. The number of rotatable bonds is 6. The van der Waals surface area contributed by atoms with E-state index in [2.05, 4.69) is 0 Å². The molecule has 0 saturated heterocycles. The lowest BCUT2D eigenvalue weighted by Gasteiger charge is -2.25. The minimum Gasteiger partial charge on any atom is -0.169 e. The molecule has 1 aliphatic rings. The lowest BCUT2D eigenvalue weighted by molar-refractivity contribution is -0.157. The first-order valence-electron chi connectivity index (χ1n) is 8.92. The molecular formula is C22H23F3. The Kier molecular flexibility index (Phi) is 4.77. The summed E-state index contributed by atoms with van der Waals surface area (Å²) in [5, 5.41) is 0. The van der Waals surface area contributed by atoms with Crippen LogP contribution in [-0.4, -0.2) is 6.18 Å². The van der Waals surface area contributed by atoms with Crippen molar-refractivity contribution >= 4 is 0 Å². The van der Waals surface area contributed by atoms with Gasteiger partial charge in [0, 0.05) is 0 Å². The molecule has 0 spiro atoms. The van der Waals surface area contributed by atoms with Gasteiger partial charge in [-0.15, -0.1) is 0 Å². The molecule has 1 aliphatic carbocycles. The largest absolute Gasteiger partial charge is 0.405 e. The van der Waals surface area contributed by atoms with Gasteiger partial charge in [0.25, 0.3) is 0 Å². The van der Waals surface area contributed by atoms with E-state index in [0.29, 0.717) is 29.6 Å². The van der Waals surface area contributed by atoms with Gasteiger partial charge in [-0.3, -0.25) is 0 Å². The Bertz CT molecular complexity index is 736. The lowest BCUT2D eigenvalue weighted by atomic mass is 9.84. The van der Waals surface area contributed by atoms with Crippen molar-refractivity contribution in [3.63, 3.8) is 0 Å². The topological polar surface area (TPSA) is 0 Å². The second kappa shape index (κ2) is 6.70. The van der Waals surface area contributed by atoms with Gasteiger partial charge in [0.2, 0.25) is 0 Å².